The first-order valence-corrected chi connectivity index (χ1v) is 10.7. The summed E-state index contributed by atoms with van der Waals surface area (Å²) >= 11 is 3.38. The van der Waals surface area contributed by atoms with Gasteiger partial charge in [-0.05, 0) is 67.3 Å². The minimum Gasteiger partial charge on any atom is -0.482 e. The molecule has 0 unspecified atom stereocenters. The topological polar surface area (TPSA) is 61.8 Å². The maximum atomic E-state index is 12.3. The first-order chi connectivity index (χ1) is 15.0. The van der Waals surface area contributed by atoms with E-state index in [0.29, 0.717) is 17.9 Å². The van der Waals surface area contributed by atoms with Crippen LogP contribution in [0.4, 0.5) is 0 Å². The summed E-state index contributed by atoms with van der Waals surface area (Å²) in [6.45, 7) is 1.97. The predicted molar refractivity (Wildman–Crippen MR) is 121 cm³/mol. The van der Waals surface area contributed by atoms with Crippen LogP contribution in [-0.4, -0.2) is 25.2 Å². The van der Waals surface area contributed by atoms with E-state index in [1.165, 1.54) is 11.6 Å². The fourth-order valence-electron chi connectivity index (χ4n) is 2.93. The Morgan fingerprint density at radius 2 is 1.74 bits per heavy atom. The lowest BCUT2D eigenvalue weighted by Gasteiger charge is -2.10. The molecule has 3 aromatic rings. The first-order valence-electron chi connectivity index (χ1n) is 9.92. The molecular formula is C25H23BrO5. The second kappa shape index (κ2) is 11.3. The average Bonchev–Trinajstić information content (AvgIpc) is 2.77. The number of esters is 2. The van der Waals surface area contributed by atoms with Crippen LogP contribution in [0.1, 0.15) is 27.9 Å². The van der Waals surface area contributed by atoms with E-state index in [4.69, 9.17) is 14.2 Å². The van der Waals surface area contributed by atoms with Gasteiger partial charge in [0.15, 0.2) is 6.61 Å². The van der Waals surface area contributed by atoms with E-state index in [1.807, 2.05) is 49.4 Å². The number of hydrogen-bond acceptors (Lipinski definition) is 5. The molecule has 0 atom stereocenters. The van der Waals surface area contributed by atoms with Gasteiger partial charge >= 0.3 is 11.9 Å². The maximum absolute atomic E-state index is 12.3. The fourth-order valence-corrected chi connectivity index (χ4v) is 3.40. The average molecular weight is 483 g/mol. The van der Waals surface area contributed by atoms with E-state index in [-0.39, 0.29) is 12.4 Å². The smallest absolute Gasteiger partial charge is 0.349 e. The Morgan fingerprint density at radius 1 is 0.935 bits per heavy atom. The van der Waals surface area contributed by atoms with Gasteiger partial charge in [0.25, 0.3) is 0 Å². The van der Waals surface area contributed by atoms with Crippen LogP contribution in [0, 0.1) is 6.92 Å². The van der Waals surface area contributed by atoms with Crippen LogP contribution in [0.25, 0.3) is 0 Å². The number of halogens is 1. The standard InChI is InChI=1S/C25H23BrO5/c1-18-15-21(26)12-13-23(18)30-17-24(27)31-22-11-5-10-20(16-22)25(28)29-14-6-9-19-7-3-2-4-8-19/h2-5,7-8,10-13,15-16H,6,9,14,17H2,1H3. The molecule has 0 spiro atoms. The molecule has 0 aliphatic rings. The number of ether oxygens (including phenoxy) is 3. The second-order valence-electron chi connectivity index (χ2n) is 6.93. The first kappa shape index (κ1) is 22.6. The largest absolute Gasteiger partial charge is 0.482 e. The van der Waals surface area contributed by atoms with E-state index in [0.717, 1.165) is 22.9 Å². The zero-order chi connectivity index (χ0) is 22.1. The molecule has 0 aliphatic heterocycles. The van der Waals surface area contributed by atoms with Gasteiger partial charge in [-0.25, -0.2) is 9.59 Å². The highest BCUT2D eigenvalue weighted by molar-refractivity contribution is 9.10. The highest BCUT2D eigenvalue weighted by atomic mass is 79.9. The van der Waals surface area contributed by atoms with Crippen molar-refractivity contribution in [2.75, 3.05) is 13.2 Å². The lowest BCUT2D eigenvalue weighted by atomic mass is 10.1. The van der Waals surface area contributed by atoms with Crippen molar-refractivity contribution in [3.8, 4) is 11.5 Å². The van der Waals surface area contributed by atoms with Gasteiger partial charge in [-0.1, -0.05) is 52.3 Å². The Hall–Kier alpha value is -3.12. The third kappa shape index (κ3) is 7.26. The van der Waals surface area contributed by atoms with Crippen LogP contribution in [0.5, 0.6) is 11.5 Å². The van der Waals surface area contributed by atoms with Crippen molar-refractivity contribution in [2.24, 2.45) is 0 Å². The maximum Gasteiger partial charge on any atom is 0.349 e. The number of benzene rings is 3. The van der Waals surface area contributed by atoms with Gasteiger partial charge < -0.3 is 14.2 Å². The molecule has 0 heterocycles. The zero-order valence-electron chi connectivity index (χ0n) is 17.2. The Kier molecular flexibility index (Phi) is 8.24. The molecule has 0 radical (unpaired) electrons. The monoisotopic (exact) mass is 482 g/mol. The number of carbonyl (C=O) groups is 2. The van der Waals surface area contributed by atoms with Crippen molar-refractivity contribution in [3.05, 3.63) is 94.0 Å². The van der Waals surface area contributed by atoms with Crippen LogP contribution in [-0.2, 0) is 16.0 Å². The van der Waals surface area contributed by atoms with E-state index in [9.17, 15) is 9.59 Å². The third-order valence-electron chi connectivity index (χ3n) is 4.47. The molecule has 0 saturated carbocycles. The summed E-state index contributed by atoms with van der Waals surface area (Å²) < 4.78 is 17.1. The third-order valence-corrected chi connectivity index (χ3v) is 4.96. The number of rotatable bonds is 9. The number of carbonyl (C=O) groups excluding carboxylic acids is 2. The molecule has 0 amide bonds. The predicted octanol–water partition coefficient (Wildman–Crippen LogP) is 5.53. The molecule has 3 rings (SSSR count). The fraction of sp³-hybridized carbons (Fsp3) is 0.200. The van der Waals surface area contributed by atoms with Gasteiger partial charge in [0.2, 0.25) is 0 Å². The molecule has 0 saturated heterocycles. The Bertz CT molecular complexity index is 1030. The Morgan fingerprint density at radius 3 is 2.52 bits per heavy atom. The summed E-state index contributed by atoms with van der Waals surface area (Å²) in [5.74, 6) is -0.142. The lowest BCUT2D eigenvalue weighted by molar-refractivity contribution is -0.136. The zero-order valence-corrected chi connectivity index (χ0v) is 18.8. The van der Waals surface area contributed by atoms with E-state index in [2.05, 4.69) is 15.9 Å². The highest BCUT2D eigenvalue weighted by Gasteiger charge is 2.12. The minimum absolute atomic E-state index is 0.239. The molecule has 6 heteroatoms. The molecular weight excluding hydrogens is 460 g/mol. The molecule has 31 heavy (non-hydrogen) atoms. The normalized spacial score (nSPS) is 10.4. The van der Waals surface area contributed by atoms with E-state index in [1.54, 1.807) is 24.3 Å². The summed E-state index contributed by atoms with van der Waals surface area (Å²) in [6.07, 6.45) is 1.57. The van der Waals surface area contributed by atoms with Crippen molar-refractivity contribution in [1.82, 2.24) is 0 Å². The second-order valence-corrected chi connectivity index (χ2v) is 7.84. The van der Waals surface area contributed by atoms with Gasteiger partial charge in [-0.2, -0.15) is 0 Å². The SMILES string of the molecule is Cc1cc(Br)ccc1OCC(=O)Oc1cccc(C(=O)OCCCc2ccccc2)c1. The van der Waals surface area contributed by atoms with Gasteiger partial charge in [0.1, 0.15) is 11.5 Å². The van der Waals surface area contributed by atoms with E-state index < -0.39 is 11.9 Å². The van der Waals surface area contributed by atoms with Crippen molar-refractivity contribution in [2.45, 2.75) is 19.8 Å². The van der Waals surface area contributed by atoms with Crippen LogP contribution < -0.4 is 9.47 Å². The molecule has 0 fully saturated rings. The van der Waals surface area contributed by atoms with Crippen LogP contribution in [0.2, 0.25) is 0 Å². The summed E-state index contributed by atoms with van der Waals surface area (Å²) in [5, 5.41) is 0. The molecule has 0 N–H and O–H groups in total. The quantitative estimate of drug-likeness (QED) is 0.228. The molecule has 3 aromatic carbocycles. The Labute approximate surface area is 190 Å². The molecule has 0 aliphatic carbocycles. The van der Waals surface area contributed by atoms with Crippen LogP contribution in [0.15, 0.2) is 77.3 Å². The van der Waals surface area contributed by atoms with Crippen molar-refractivity contribution >= 4 is 27.9 Å². The van der Waals surface area contributed by atoms with Crippen molar-refractivity contribution in [1.29, 1.82) is 0 Å². The van der Waals surface area contributed by atoms with Crippen LogP contribution >= 0.6 is 15.9 Å². The Balaban J connectivity index is 1.46. The molecule has 0 aromatic heterocycles. The summed E-state index contributed by atoms with van der Waals surface area (Å²) in [7, 11) is 0. The summed E-state index contributed by atoms with van der Waals surface area (Å²) in [4.78, 5) is 24.4. The van der Waals surface area contributed by atoms with Gasteiger partial charge in [0.05, 0.1) is 12.2 Å². The summed E-state index contributed by atoms with van der Waals surface area (Å²) in [5.41, 5.74) is 2.43. The molecule has 0 bridgehead atoms. The number of aryl methyl sites for hydroxylation is 2. The van der Waals surface area contributed by atoms with Crippen molar-refractivity contribution in [3.63, 3.8) is 0 Å². The summed E-state index contributed by atoms with van der Waals surface area (Å²) in [6, 6.07) is 21.9. The minimum atomic E-state index is -0.560. The van der Waals surface area contributed by atoms with Gasteiger partial charge in [-0.15, -0.1) is 0 Å². The molecule has 5 nitrogen and oxygen atoms in total. The van der Waals surface area contributed by atoms with Crippen molar-refractivity contribution < 1.29 is 23.8 Å². The van der Waals surface area contributed by atoms with E-state index >= 15 is 0 Å². The number of hydrogen-bond donors (Lipinski definition) is 0. The van der Waals surface area contributed by atoms with Gasteiger partial charge in [0, 0.05) is 4.47 Å². The lowest BCUT2D eigenvalue weighted by Crippen LogP contribution is -2.18. The highest BCUT2D eigenvalue weighted by Crippen LogP contribution is 2.22. The van der Waals surface area contributed by atoms with Crippen LogP contribution in [0.3, 0.4) is 0 Å². The molecule has 160 valence electrons. The van der Waals surface area contributed by atoms with Gasteiger partial charge in [-0.3, -0.25) is 0 Å².